The van der Waals surface area contributed by atoms with E-state index in [1.165, 1.54) is 45.4 Å². The number of likely N-dealkylation sites (N-methyl/N-ethyl adjacent to an activating group) is 2. The number of fused-ring (bicyclic) bond motifs is 6. The number of benzene rings is 3. The van der Waals surface area contributed by atoms with Gasteiger partial charge in [0.25, 0.3) is 0 Å². The average Bonchev–Trinajstić information content (AvgIpc) is 3.54. The molecule has 1 saturated heterocycles. The number of aromatic nitrogens is 1. The minimum Gasteiger partial charge on any atom is -0.445 e. The van der Waals surface area contributed by atoms with E-state index in [0.717, 1.165) is 31.4 Å². The average molecular weight is 563 g/mol. The first-order valence-corrected chi connectivity index (χ1v) is 15.6. The Balaban J connectivity index is 1.20. The minimum absolute atomic E-state index is 0.221. The summed E-state index contributed by atoms with van der Waals surface area (Å²) in [4.78, 5) is 24.0. The topological polar surface area (TPSA) is 51.8 Å². The van der Waals surface area contributed by atoms with Crippen molar-refractivity contribution in [1.29, 1.82) is 0 Å². The smallest absolute Gasteiger partial charge is 0.410 e. The van der Waals surface area contributed by atoms with Crippen molar-refractivity contribution >= 4 is 22.7 Å². The van der Waals surface area contributed by atoms with Gasteiger partial charge < -0.3 is 24.4 Å². The maximum Gasteiger partial charge on any atom is 0.410 e. The Morgan fingerprint density at radius 3 is 2.62 bits per heavy atom. The van der Waals surface area contributed by atoms with Gasteiger partial charge in [-0.1, -0.05) is 60.7 Å². The molecule has 3 aromatic carbocycles. The van der Waals surface area contributed by atoms with Crippen LogP contribution in [0.1, 0.15) is 66.0 Å². The van der Waals surface area contributed by atoms with Gasteiger partial charge >= 0.3 is 6.09 Å². The molecule has 1 amide bonds. The van der Waals surface area contributed by atoms with Crippen LogP contribution in [0.2, 0.25) is 0 Å². The highest BCUT2D eigenvalue weighted by atomic mass is 16.6. The van der Waals surface area contributed by atoms with Gasteiger partial charge in [0.1, 0.15) is 6.61 Å². The van der Waals surface area contributed by atoms with E-state index in [2.05, 4.69) is 78.3 Å². The third-order valence-electron chi connectivity index (χ3n) is 10.3. The van der Waals surface area contributed by atoms with E-state index < -0.39 is 0 Å². The van der Waals surface area contributed by atoms with Crippen LogP contribution in [-0.2, 0) is 17.8 Å². The van der Waals surface area contributed by atoms with Gasteiger partial charge in [0.05, 0.1) is 6.04 Å². The number of anilines is 1. The first kappa shape index (κ1) is 27.1. The van der Waals surface area contributed by atoms with E-state index in [4.69, 9.17) is 4.74 Å². The van der Waals surface area contributed by atoms with E-state index in [0.29, 0.717) is 37.7 Å². The van der Waals surface area contributed by atoms with Crippen LogP contribution in [0.25, 0.3) is 10.9 Å². The van der Waals surface area contributed by atoms with Crippen LogP contribution in [0.4, 0.5) is 10.5 Å². The van der Waals surface area contributed by atoms with Gasteiger partial charge in [0.15, 0.2) is 0 Å². The molecule has 1 N–H and O–H groups in total. The van der Waals surface area contributed by atoms with Gasteiger partial charge in [0.2, 0.25) is 0 Å². The van der Waals surface area contributed by atoms with Crippen LogP contribution in [0, 0.1) is 0 Å². The second-order valence-corrected chi connectivity index (χ2v) is 12.6. The summed E-state index contributed by atoms with van der Waals surface area (Å²) in [6.07, 6.45) is 3.68. The van der Waals surface area contributed by atoms with E-state index in [-0.39, 0.29) is 12.0 Å². The van der Waals surface area contributed by atoms with E-state index >= 15 is 0 Å². The zero-order valence-electron chi connectivity index (χ0n) is 25.1. The number of nitrogens with one attached hydrogen (secondary N) is 1. The number of rotatable bonds is 3. The fraction of sp³-hybridized carbons (Fsp3) is 0.417. The molecular weight excluding hydrogens is 520 g/mol. The molecule has 2 unspecified atom stereocenters. The zero-order chi connectivity index (χ0) is 28.8. The maximum atomic E-state index is 13.2. The number of hydrogen-bond acceptors (Lipinski definition) is 4. The molecule has 0 saturated carbocycles. The van der Waals surface area contributed by atoms with Gasteiger partial charge in [0, 0.05) is 60.3 Å². The number of nitrogens with zero attached hydrogens (tertiary/aromatic N) is 3. The van der Waals surface area contributed by atoms with Crippen molar-refractivity contribution in [2.75, 3.05) is 38.6 Å². The largest absolute Gasteiger partial charge is 0.445 e. The Labute approximate surface area is 249 Å². The number of amides is 1. The standard InChI is InChI=1S/C36H42N4O2/c1-24-35-30(17-20-38(24)2)31-22-26(15-16-33(31)39(35)3)27-13-9-19-40(36(41)42-23-25-10-5-4-6-11-25)21-18-29-28-12-7-8-14-32(28)37-34(27)29/h4-8,10-12,14-16,22,24,27,30,35,37H,9,13,17-21,23H2,1-3H3/t24?,27?,30-,35+/m0/s1. The molecule has 3 aliphatic heterocycles. The Kier molecular flexibility index (Phi) is 7.19. The van der Waals surface area contributed by atoms with Crippen LogP contribution in [0.5, 0.6) is 0 Å². The normalized spacial score (nSPS) is 24.4. The Morgan fingerprint density at radius 2 is 1.76 bits per heavy atom. The van der Waals surface area contributed by atoms with Gasteiger partial charge in [-0.3, -0.25) is 0 Å². The van der Waals surface area contributed by atoms with Crippen molar-refractivity contribution in [3.8, 4) is 0 Å². The fourth-order valence-corrected chi connectivity index (χ4v) is 7.92. The summed E-state index contributed by atoms with van der Waals surface area (Å²) < 4.78 is 5.77. The summed E-state index contributed by atoms with van der Waals surface area (Å²) in [6, 6.07) is 26.9. The molecule has 4 atom stereocenters. The van der Waals surface area contributed by atoms with Crippen molar-refractivity contribution in [3.05, 3.63) is 101 Å². The zero-order valence-corrected chi connectivity index (χ0v) is 25.1. The van der Waals surface area contributed by atoms with Gasteiger partial charge in [-0.2, -0.15) is 0 Å². The first-order chi connectivity index (χ1) is 20.5. The lowest BCUT2D eigenvalue weighted by Crippen LogP contribution is -2.52. The van der Waals surface area contributed by atoms with Crippen molar-refractivity contribution in [2.45, 2.75) is 63.1 Å². The van der Waals surface area contributed by atoms with Crippen molar-refractivity contribution in [3.63, 3.8) is 0 Å². The molecule has 0 radical (unpaired) electrons. The Morgan fingerprint density at radius 1 is 0.952 bits per heavy atom. The first-order valence-electron chi connectivity index (χ1n) is 15.6. The summed E-state index contributed by atoms with van der Waals surface area (Å²) in [5.74, 6) is 0.829. The number of para-hydroxylation sites is 1. The van der Waals surface area contributed by atoms with E-state index in [1.54, 1.807) is 0 Å². The maximum absolute atomic E-state index is 13.2. The molecule has 3 aliphatic rings. The number of aromatic amines is 1. The van der Waals surface area contributed by atoms with Gasteiger partial charge in [-0.25, -0.2) is 4.79 Å². The lowest BCUT2D eigenvalue weighted by atomic mass is 9.82. The number of likely N-dealkylation sites (tertiary alicyclic amines) is 1. The minimum atomic E-state index is -0.221. The second-order valence-electron chi connectivity index (χ2n) is 12.6. The summed E-state index contributed by atoms with van der Waals surface area (Å²) >= 11 is 0. The number of carbonyl (C=O) groups is 1. The number of carbonyl (C=O) groups excluding carboxylic acids is 1. The van der Waals surface area contributed by atoms with Gasteiger partial charge in [-0.15, -0.1) is 0 Å². The molecule has 42 heavy (non-hydrogen) atoms. The number of hydrogen-bond donors (Lipinski definition) is 1. The Hall–Kier alpha value is -3.77. The Bertz CT molecular complexity index is 1580. The van der Waals surface area contributed by atoms with E-state index in [9.17, 15) is 4.79 Å². The quantitative estimate of drug-likeness (QED) is 0.295. The fourth-order valence-electron chi connectivity index (χ4n) is 7.92. The van der Waals surface area contributed by atoms with Crippen molar-refractivity contribution in [2.24, 2.45) is 0 Å². The molecule has 7 rings (SSSR count). The highest BCUT2D eigenvalue weighted by Gasteiger charge is 2.44. The molecule has 0 aliphatic carbocycles. The molecule has 6 nitrogen and oxygen atoms in total. The van der Waals surface area contributed by atoms with E-state index in [1.807, 2.05) is 35.2 Å². The third-order valence-corrected chi connectivity index (χ3v) is 10.3. The summed E-state index contributed by atoms with van der Waals surface area (Å²) in [5.41, 5.74) is 9.14. The molecular formula is C36H42N4O2. The van der Waals surface area contributed by atoms with Crippen LogP contribution >= 0.6 is 0 Å². The lowest BCUT2D eigenvalue weighted by molar-refractivity contribution is 0.0960. The highest BCUT2D eigenvalue weighted by molar-refractivity contribution is 5.85. The second kappa shape index (κ2) is 11.1. The number of H-pyrrole nitrogens is 1. The molecule has 0 bridgehead atoms. The molecule has 218 valence electrons. The molecule has 1 fully saturated rings. The predicted octanol–water partition coefficient (Wildman–Crippen LogP) is 6.90. The molecule has 4 heterocycles. The summed E-state index contributed by atoms with van der Waals surface area (Å²) in [5, 5.41) is 1.27. The highest BCUT2D eigenvalue weighted by Crippen LogP contribution is 2.48. The lowest BCUT2D eigenvalue weighted by Gasteiger charge is -2.42. The van der Waals surface area contributed by atoms with Crippen molar-refractivity contribution < 1.29 is 9.53 Å². The van der Waals surface area contributed by atoms with Gasteiger partial charge in [-0.05, 0) is 80.6 Å². The molecule has 4 aromatic rings. The molecule has 6 heteroatoms. The third kappa shape index (κ3) is 4.76. The monoisotopic (exact) mass is 562 g/mol. The number of ether oxygens (including phenoxy) is 1. The number of piperidine rings is 1. The SMILES string of the molecule is CC1[C@@H]2[C@@H](CCN1C)c1cc(C3CCCN(C(=O)OCc4ccccc4)CCc4c3[nH]c3ccccc43)ccc1N2C. The van der Waals surface area contributed by atoms with Crippen LogP contribution in [0.3, 0.4) is 0 Å². The van der Waals surface area contributed by atoms with Crippen molar-refractivity contribution in [1.82, 2.24) is 14.8 Å². The summed E-state index contributed by atoms with van der Waals surface area (Å²) in [6.45, 7) is 5.18. The molecule has 1 aromatic heterocycles. The predicted molar refractivity (Wildman–Crippen MR) is 169 cm³/mol. The van der Waals surface area contributed by atoms with Crippen LogP contribution in [-0.4, -0.2) is 66.7 Å². The molecule has 0 spiro atoms. The summed E-state index contributed by atoms with van der Waals surface area (Å²) in [7, 11) is 4.54. The van der Waals surface area contributed by atoms with Crippen LogP contribution < -0.4 is 4.90 Å². The van der Waals surface area contributed by atoms with Crippen LogP contribution in [0.15, 0.2) is 72.8 Å².